The van der Waals surface area contributed by atoms with E-state index in [4.69, 9.17) is 14.2 Å². The van der Waals surface area contributed by atoms with E-state index in [0.717, 1.165) is 25.9 Å². The molecule has 9 nitrogen and oxygen atoms in total. The number of likely N-dealkylation sites (N-methyl/N-ethyl adjacent to an activating group) is 1. The highest BCUT2D eigenvalue weighted by Gasteiger charge is 2.28. The van der Waals surface area contributed by atoms with Crippen LogP contribution < -0.4 is 9.47 Å². The number of carbonyl (C=O) groups excluding carboxylic acids is 3. The second-order valence-corrected chi connectivity index (χ2v) is 7.46. The van der Waals surface area contributed by atoms with E-state index in [1.54, 1.807) is 30.0 Å². The van der Waals surface area contributed by atoms with Gasteiger partial charge in [0.2, 0.25) is 0 Å². The second-order valence-electron chi connectivity index (χ2n) is 7.46. The third-order valence-corrected chi connectivity index (χ3v) is 5.50. The molecule has 178 valence electrons. The molecule has 1 heterocycles. The highest BCUT2D eigenvalue weighted by molar-refractivity contribution is 5.95. The van der Waals surface area contributed by atoms with E-state index >= 15 is 0 Å². The molecular formula is C23H34N2O7. The number of ether oxygens (including phenoxy) is 4. The fraction of sp³-hybridized carbons (Fsp3) is 0.609. The standard InChI is InChI=1S/C23H34N2O7/c1-5-24-12-7-8-18(24)15-25(13-11-21(26)31-6-2)23(28)17-9-10-19(20(14-17)29-3)32-16-22(27)30-4/h9-10,14,18H,5-8,11-13,15-16H2,1-4H3. The number of benzene rings is 1. The largest absolute Gasteiger partial charge is 0.493 e. The molecule has 1 unspecified atom stereocenters. The summed E-state index contributed by atoms with van der Waals surface area (Å²) in [7, 11) is 2.74. The second kappa shape index (κ2) is 12.9. The Labute approximate surface area is 189 Å². The van der Waals surface area contributed by atoms with Crippen LogP contribution in [-0.2, 0) is 19.1 Å². The zero-order valence-electron chi connectivity index (χ0n) is 19.4. The maximum Gasteiger partial charge on any atom is 0.343 e. The molecule has 0 spiro atoms. The van der Waals surface area contributed by atoms with E-state index in [1.165, 1.54) is 14.2 Å². The number of carbonyl (C=O) groups is 3. The highest BCUT2D eigenvalue weighted by Crippen LogP contribution is 2.29. The molecule has 0 radical (unpaired) electrons. The Bertz CT molecular complexity index is 784. The number of esters is 2. The van der Waals surface area contributed by atoms with Gasteiger partial charge in [-0.05, 0) is 51.1 Å². The number of amides is 1. The van der Waals surface area contributed by atoms with E-state index in [1.807, 2.05) is 0 Å². The number of hydrogen-bond acceptors (Lipinski definition) is 8. The number of likely N-dealkylation sites (tertiary alicyclic amines) is 1. The van der Waals surface area contributed by atoms with Gasteiger partial charge in [0.05, 0.1) is 27.2 Å². The molecule has 1 fully saturated rings. The number of nitrogens with zero attached hydrogens (tertiary/aromatic N) is 2. The number of methoxy groups -OCH3 is 2. The molecular weight excluding hydrogens is 416 g/mol. The Hall–Kier alpha value is -2.81. The topological polar surface area (TPSA) is 94.6 Å². The van der Waals surface area contributed by atoms with Crippen molar-refractivity contribution in [2.45, 2.75) is 39.2 Å². The van der Waals surface area contributed by atoms with E-state index < -0.39 is 5.97 Å². The lowest BCUT2D eigenvalue weighted by Crippen LogP contribution is -2.44. The van der Waals surface area contributed by atoms with Gasteiger partial charge in [0.25, 0.3) is 5.91 Å². The first-order chi connectivity index (χ1) is 15.4. The van der Waals surface area contributed by atoms with Crippen LogP contribution in [0.4, 0.5) is 0 Å². The summed E-state index contributed by atoms with van der Waals surface area (Å²) < 4.78 is 20.4. The van der Waals surface area contributed by atoms with Crippen LogP contribution >= 0.6 is 0 Å². The van der Waals surface area contributed by atoms with E-state index in [9.17, 15) is 14.4 Å². The molecule has 1 aromatic rings. The van der Waals surface area contributed by atoms with Gasteiger partial charge in [-0.1, -0.05) is 6.92 Å². The third-order valence-electron chi connectivity index (χ3n) is 5.50. The first-order valence-electron chi connectivity index (χ1n) is 11.0. The molecule has 32 heavy (non-hydrogen) atoms. The summed E-state index contributed by atoms with van der Waals surface area (Å²) in [6.07, 6.45) is 2.25. The maximum absolute atomic E-state index is 13.4. The SMILES string of the molecule is CCOC(=O)CCN(CC1CCCN1CC)C(=O)c1ccc(OCC(=O)OC)c(OC)c1. The van der Waals surface area contributed by atoms with Gasteiger partial charge in [-0.3, -0.25) is 14.5 Å². The molecule has 1 atom stereocenters. The molecule has 1 aliphatic rings. The summed E-state index contributed by atoms with van der Waals surface area (Å²) in [4.78, 5) is 40.7. The average molecular weight is 451 g/mol. The van der Waals surface area contributed by atoms with Gasteiger partial charge >= 0.3 is 11.9 Å². The Kier molecular flexibility index (Phi) is 10.3. The van der Waals surface area contributed by atoms with E-state index in [2.05, 4.69) is 16.6 Å². The summed E-state index contributed by atoms with van der Waals surface area (Å²) >= 11 is 0. The minimum absolute atomic E-state index is 0.135. The fourth-order valence-corrected chi connectivity index (χ4v) is 3.81. The summed E-state index contributed by atoms with van der Waals surface area (Å²) in [5, 5.41) is 0. The van der Waals surface area contributed by atoms with Gasteiger partial charge < -0.3 is 23.8 Å². The van der Waals surface area contributed by atoms with Crippen molar-refractivity contribution in [2.24, 2.45) is 0 Å². The van der Waals surface area contributed by atoms with Crippen molar-refractivity contribution in [2.75, 3.05) is 53.6 Å². The molecule has 9 heteroatoms. The molecule has 2 rings (SSSR count). The molecule has 0 bridgehead atoms. The van der Waals surface area contributed by atoms with Crippen LogP contribution in [0.1, 0.15) is 43.5 Å². The lowest BCUT2D eigenvalue weighted by molar-refractivity contribution is -0.144. The Morgan fingerprint density at radius 2 is 1.91 bits per heavy atom. The first-order valence-corrected chi connectivity index (χ1v) is 11.0. The number of hydrogen-bond donors (Lipinski definition) is 0. The Balaban J connectivity index is 2.18. The van der Waals surface area contributed by atoms with Gasteiger partial charge in [-0.25, -0.2) is 4.79 Å². The van der Waals surface area contributed by atoms with Gasteiger partial charge in [-0.15, -0.1) is 0 Å². The molecule has 1 saturated heterocycles. The zero-order chi connectivity index (χ0) is 23.5. The fourth-order valence-electron chi connectivity index (χ4n) is 3.81. The highest BCUT2D eigenvalue weighted by atomic mass is 16.6. The van der Waals surface area contributed by atoms with Crippen LogP contribution in [0.3, 0.4) is 0 Å². The van der Waals surface area contributed by atoms with Crippen molar-refractivity contribution in [1.82, 2.24) is 9.80 Å². The summed E-state index contributed by atoms with van der Waals surface area (Å²) in [5.74, 6) is -0.376. The molecule has 1 aromatic carbocycles. The van der Waals surface area contributed by atoms with Crippen LogP contribution in [0.25, 0.3) is 0 Å². The van der Waals surface area contributed by atoms with E-state index in [0.29, 0.717) is 30.2 Å². The quantitative estimate of drug-likeness (QED) is 0.447. The van der Waals surface area contributed by atoms with Crippen molar-refractivity contribution in [1.29, 1.82) is 0 Å². The number of rotatable bonds is 12. The Morgan fingerprint density at radius 3 is 2.56 bits per heavy atom. The predicted molar refractivity (Wildman–Crippen MR) is 118 cm³/mol. The van der Waals surface area contributed by atoms with Crippen molar-refractivity contribution in [3.05, 3.63) is 23.8 Å². The molecule has 0 saturated carbocycles. The maximum atomic E-state index is 13.4. The lowest BCUT2D eigenvalue weighted by Gasteiger charge is -2.30. The van der Waals surface area contributed by atoms with Gasteiger partial charge in [-0.2, -0.15) is 0 Å². The molecule has 0 N–H and O–H groups in total. The minimum atomic E-state index is -0.519. The summed E-state index contributed by atoms with van der Waals surface area (Å²) in [5.41, 5.74) is 0.414. The van der Waals surface area contributed by atoms with Gasteiger partial charge in [0.15, 0.2) is 18.1 Å². The van der Waals surface area contributed by atoms with Crippen LogP contribution in [-0.4, -0.2) is 87.3 Å². The van der Waals surface area contributed by atoms with Crippen molar-refractivity contribution in [3.8, 4) is 11.5 Å². The molecule has 0 aromatic heterocycles. The van der Waals surface area contributed by atoms with Gasteiger partial charge in [0.1, 0.15) is 0 Å². The normalized spacial score (nSPS) is 15.8. The Morgan fingerprint density at radius 1 is 1.12 bits per heavy atom. The molecule has 0 aliphatic carbocycles. The van der Waals surface area contributed by atoms with Crippen LogP contribution in [0, 0.1) is 0 Å². The first kappa shape index (κ1) is 25.5. The van der Waals surface area contributed by atoms with Gasteiger partial charge in [0, 0.05) is 24.7 Å². The van der Waals surface area contributed by atoms with Crippen LogP contribution in [0.15, 0.2) is 18.2 Å². The summed E-state index contributed by atoms with van der Waals surface area (Å²) in [6, 6.07) is 5.06. The monoisotopic (exact) mass is 450 g/mol. The minimum Gasteiger partial charge on any atom is -0.493 e. The smallest absolute Gasteiger partial charge is 0.343 e. The average Bonchev–Trinajstić information content (AvgIpc) is 3.26. The van der Waals surface area contributed by atoms with Crippen molar-refractivity contribution < 1.29 is 33.3 Å². The third kappa shape index (κ3) is 7.12. The van der Waals surface area contributed by atoms with Crippen LogP contribution in [0.2, 0.25) is 0 Å². The lowest BCUT2D eigenvalue weighted by atomic mass is 10.1. The molecule has 1 aliphatic heterocycles. The predicted octanol–water partition coefficient (Wildman–Crippen LogP) is 2.13. The molecule has 1 amide bonds. The zero-order valence-corrected chi connectivity index (χ0v) is 19.4. The van der Waals surface area contributed by atoms with Crippen molar-refractivity contribution >= 4 is 17.8 Å². The van der Waals surface area contributed by atoms with Crippen LogP contribution in [0.5, 0.6) is 11.5 Å². The summed E-state index contributed by atoms with van der Waals surface area (Å²) in [6.45, 7) is 6.66. The van der Waals surface area contributed by atoms with Crippen molar-refractivity contribution in [3.63, 3.8) is 0 Å². The van der Waals surface area contributed by atoms with E-state index in [-0.39, 0.29) is 37.5 Å².